The average Bonchev–Trinajstić information content (AvgIpc) is 2.19. The molecule has 0 radical (unpaired) electrons. The topological polar surface area (TPSA) is 18.5 Å². The predicted molar refractivity (Wildman–Crippen MR) is 61.7 cm³/mol. The largest absolute Gasteiger partial charge is 0.495 e. The van der Waals surface area contributed by atoms with Gasteiger partial charge in [0.1, 0.15) is 16.0 Å². The lowest BCUT2D eigenvalue weighted by Crippen LogP contribution is -1.96. The zero-order chi connectivity index (χ0) is 10.6. The van der Waals surface area contributed by atoms with Crippen LogP contribution in [0, 0.1) is 0 Å². The number of halogens is 2. The Bertz CT molecular complexity index is 315. The molecule has 0 aromatic heterocycles. The Kier molecular flexibility index (Phi) is 4.55. The lowest BCUT2D eigenvalue weighted by molar-refractivity contribution is 0.386. The van der Waals surface area contributed by atoms with Crippen LogP contribution < -0.4 is 9.47 Å². The first-order valence-corrected chi connectivity index (χ1v) is 5.52. The van der Waals surface area contributed by atoms with Crippen molar-refractivity contribution in [2.24, 2.45) is 0 Å². The molecule has 78 valence electrons. The van der Waals surface area contributed by atoms with E-state index < -0.39 is 0 Å². The summed E-state index contributed by atoms with van der Waals surface area (Å²) in [6.07, 6.45) is 0.785. The standard InChI is InChI=1S/C10H12BrClO2/c1-13-8-4-3-7(5-6-12)10(14-2)9(8)11/h3-4H,5-6H2,1-2H3. The Morgan fingerprint density at radius 3 is 2.50 bits per heavy atom. The molecular weight excluding hydrogens is 267 g/mol. The summed E-state index contributed by atoms with van der Waals surface area (Å²) in [6, 6.07) is 3.86. The number of benzene rings is 1. The number of aryl methyl sites for hydroxylation is 1. The summed E-state index contributed by atoms with van der Waals surface area (Å²) in [5, 5.41) is 0. The molecule has 0 fully saturated rings. The monoisotopic (exact) mass is 278 g/mol. The fourth-order valence-corrected chi connectivity index (χ4v) is 2.17. The second kappa shape index (κ2) is 5.47. The number of alkyl halides is 1. The second-order valence-electron chi connectivity index (χ2n) is 2.71. The molecule has 1 aromatic carbocycles. The van der Waals surface area contributed by atoms with Gasteiger partial charge in [-0.25, -0.2) is 0 Å². The minimum atomic E-state index is 0.579. The van der Waals surface area contributed by atoms with E-state index >= 15 is 0 Å². The van der Waals surface area contributed by atoms with Gasteiger partial charge in [0.25, 0.3) is 0 Å². The SMILES string of the molecule is COc1ccc(CCCl)c(OC)c1Br. The van der Waals surface area contributed by atoms with Gasteiger partial charge in [-0.1, -0.05) is 6.07 Å². The maximum atomic E-state index is 5.69. The maximum absolute atomic E-state index is 5.69. The lowest BCUT2D eigenvalue weighted by Gasteiger charge is -2.12. The van der Waals surface area contributed by atoms with Gasteiger partial charge in [0, 0.05) is 5.88 Å². The molecule has 0 amide bonds. The third-order valence-corrected chi connectivity index (χ3v) is 2.87. The van der Waals surface area contributed by atoms with Crippen LogP contribution in [-0.4, -0.2) is 20.1 Å². The number of hydrogen-bond donors (Lipinski definition) is 0. The second-order valence-corrected chi connectivity index (χ2v) is 3.88. The quantitative estimate of drug-likeness (QED) is 0.788. The van der Waals surface area contributed by atoms with Gasteiger partial charge in [-0.2, -0.15) is 0 Å². The predicted octanol–water partition coefficient (Wildman–Crippen LogP) is 3.25. The first kappa shape index (κ1) is 11.7. The van der Waals surface area contributed by atoms with Crippen LogP contribution in [0.2, 0.25) is 0 Å². The van der Waals surface area contributed by atoms with Crippen LogP contribution in [0.25, 0.3) is 0 Å². The van der Waals surface area contributed by atoms with Crippen molar-refractivity contribution in [3.05, 3.63) is 22.2 Å². The van der Waals surface area contributed by atoms with Crippen LogP contribution in [0.4, 0.5) is 0 Å². The minimum absolute atomic E-state index is 0.579. The van der Waals surface area contributed by atoms with Crippen LogP contribution >= 0.6 is 27.5 Å². The summed E-state index contributed by atoms with van der Waals surface area (Å²) < 4.78 is 11.3. The van der Waals surface area contributed by atoms with Gasteiger partial charge < -0.3 is 9.47 Å². The zero-order valence-electron chi connectivity index (χ0n) is 8.14. The maximum Gasteiger partial charge on any atom is 0.140 e. The van der Waals surface area contributed by atoms with Crippen LogP contribution in [0.1, 0.15) is 5.56 Å². The van der Waals surface area contributed by atoms with E-state index in [9.17, 15) is 0 Å². The third-order valence-electron chi connectivity index (χ3n) is 1.93. The highest BCUT2D eigenvalue weighted by Gasteiger charge is 2.11. The van der Waals surface area contributed by atoms with E-state index in [0.29, 0.717) is 5.88 Å². The van der Waals surface area contributed by atoms with Crippen molar-refractivity contribution in [1.82, 2.24) is 0 Å². The van der Waals surface area contributed by atoms with Crippen molar-refractivity contribution in [2.75, 3.05) is 20.1 Å². The lowest BCUT2D eigenvalue weighted by atomic mass is 10.1. The van der Waals surface area contributed by atoms with Gasteiger partial charge in [0.05, 0.1) is 14.2 Å². The minimum Gasteiger partial charge on any atom is -0.495 e. The Hall–Kier alpha value is -0.410. The van der Waals surface area contributed by atoms with E-state index in [1.807, 2.05) is 12.1 Å². The van der Waals surface area contributed by atoms with Gasteiger partial charge in [0.2, 0.25) is 0 Å². The molecule has 0 unspecified atom stereocenters. The van der Waals surface area contributed by atoms with E-state index in [0.717, 1.165) is 28.0 Å². The van der Waals surface area contributed by atoms with E-state index in [1.54, 1.807) is 14.2 Å². The first-order chi connectivity index (χ1) is 6.74. The van der Waals surface area contributed by atoms with Crippen LogP contribution in [-0.2, 0) is 6.42 Å². The molecule has 0 spiro atoms. The molecule has 0 aliphatic heterocycles. The summed E-state index contributed by atoms with van der Waals surface area (Å²) in [4.78, 5) is 0. The van der Waals surface area contributed by atoms with Crippen LogP contribution in [0.5, 0.6) is 11.5 Å². The van der Waals surface area contributed by atoms with Gasteiger partial charge >= 0.3 is 0 Å². The zero-order valence-corrected chi connectivity index (χ0v) is 10.5. The van der Waals surface area contributed by atoms with Crippen LogP contribution in [0.15, 0.2) is 16.6 Å². The Morgan fingerprint density at radius 1 is 1.29 bits per heavy atom. The van der Waals surface area contributed by atoms with Crippen molar-refractivity contribution >= 4 is 27.5 Å². The molecular formula is C10H12BrClO2. The number of ether oxygens (including phenoxy) is 2. The van der Waals surface area contributed by atoms with Gasteiger partial charge in [0.15, 0.2) is 0 Å². The number of methoxy groups -OCH3 is 2. The molecule has 0 bridgehead atoms. The Morgan fingerprint density at radius 2 is 2.00 bits per heavy atom. The molecule has 2 nitrogen and oxygen atoms in total. The molecule has 0 atom stereocenters. The van der Waals surface area contributed by atoms with E-state index in [4.69, 9.17) is 21.1 Å². The molecule has 0 saturated carbocycles. The van der Waals surface area contributed by atoms with Crippen molar-refractivity contribution in [3.63, 3.8) is 0 Å². The molecule has 0 saturated heterocycles. The van der Waals surface area contributed by atoms with Crippen molar-refractivity contribution < 1.29 is 9.47 Å². The van der Waals surface area contributed by atoms with Crippen LogP contribution in [0.3, 0.4) is 0 Å². The van der Waals surface area contributed by atoms with Crippen molar-refractivity contribution in [3.8, 4) is 11.5 Å². The van der Waals surface area contributed by atoms with Gasteiger partial charge in [-0.05, 0) is 34.0 Å². The Balaban J connectivity index is 3.14. The summed E-state index contributed by atoms with van der Waals surface area (Å²) in [5.41, 5.74) is 1.08. The normalized spacial score (nSPS) is 10.0. The molecule has 0 aliphatic carbocycles. The smallest absolute Gasteiger partial charge is 0.140 e. The molecule has 14 heavy (non-hydrogen) atoms. The van der Waals surface area contributed by atoms with Gasteiger partial charge in [-0.3, -0.25) is 0 Å². The molecule has 4 heteroatoms. The summed E-state index contributed by atoms with van der Waals surface area (Å²) >= 11 is 9.12. The molecule has 0 aliphatic rings. The summed E-state index contributed by atoms with van der Waals surface area (Å²) in [7, 11) is 3.26. The highest BCUT2D eigenvalue weighted by molar-refractivity contribution is 9.10. The summed E-state index contributed by atoms with van der Waals surface area (Å²) in [5.74, 6) is 2.14. The molecule has 0 N–H and O–H groups in total. The van der Waals surface area contributed by atoms with E-state index in [2.05, 4.69) is 15.9 Å². The number of rotatable bonds is 4. The number of hydrogen-bond acceptors (Lipinski definition) is 2. The van der Waals surface area contributed by atoms with E-state index in [-0.39, 0.29) is 0 Å². The van der Waals surface area contributed by atoms with E-state index in [1.165, 1.54) is 0 Å². The average molecular weight is 280 g/mol. The van der Waals surface area contributed by atoms with Gasteiger partial charge in [-0.15, -0.1) is 11.6 Å². The fourth-order valence-electron chi connectivity index (χ4n) is 1.26. The highest BCUT2D eigenvalue weighted by atomic mass is 79.9. The van der Waals surface area contributed by atoms with Crippen molar-refractivity contribution in [1.29, 1.82) is 0 Å². The molecule has 1 rings (SSSR count). The Labute approximate surface area is 97.3 Å². The molecule has 1 aromatic rings. The fraction of sp³-hybridized carbons (Fsp3) is 0.400. The third kappa shape index (κ3) is 2.34. The first-order valence-electron chi connectivity index (χ1n) is 4.20. The molecule has 0 heterocycles. The summed E-state index contributed by atoms with van der Waals surface area (Å²) in [6.45, 7) is 0. The highest BCUT2D eigenvalue weighted by Crippen LogP contribution is 2.37. The van der Waals surface area contributed by atoms with Crippen molar-refractivity contribution in [2.45, 2.75) is 6.42 Å².